The molecule has 242 valence electrons. The largest absolute Gasteiger partial charge is 0.256 e. The molecule has 41 heavy (non-hydrogen) atoms. The van der Waals surface area contributed by atoms with Gasteiger partial charge >= 0.3 is 0 Å². The smallest absolute Gasteiger partial charge is 0.234 e. The molecule has 0 aromatic carbocycles. The Bertz CT molecular complexity index is 634. The molecule has 2 heteroatoms. The van der Waals surface area contributed by atoms with Gasteiger partial charge in [0.2, 0.25) is 0 Å². The first-order valence-corrected chi connectivity index (χ1v) is 19.4. The Hall–Kier alpha value is -0.790. The first-order valence-electron chi connectivity index (χ1n) is 19.4. The van der Waals surface area contributed by atoms with E-state index in [2.05, 4.69) is 42.3 Å². The summed E-state index contributed by atoms with van der Waals surface area (Å²) in [6.07, 6.45) is 48.9. The van der Waals surface area contributed by atoms with Gasteiger partial charge in [0.15, 0.2) is 0 Å². The molecule has 0 atom stereocenters. The van der Waals surface area contributed by atoms with Crippen molar-refractivity contribution in [2.75, 3.05) is 0 Å². The van der Waals surface area contributed by atoms with Crippen molar-refractivity contribution in [2.45, 2.75) is 233 Å². The van der Waals surface area contributed by atoms with E-state index in [4.69, 9.17) is 0 Å². The molecule has 0 amide bonds. The first-order chi connectivity index (χ1) is 20.3. The number of aromatic nitrogens is 2. The van der Waals surface area contributed by atoms with Gasteiger partial charge in [-0.2, -0.15) is 0 Å². The second-order valence-electron chi connectivity index (χ2n) is 13.4. The van der Waals surface area contributed by atoms with Crippen molar-refractivity contribution in [1.29, 1.82) is 0 Å². The summed E-state index contributed by atoms with van der Waals surface area (Å²) in [5.41, 5.74) is 0. The summed E-state index contributed by atoms with van der Waals surface area (Å²) in [4.78, 5) is 0. The molecule has 1 rings (SSSR count). The quantitative estimate of drug-likeness (QED) is 0.0584. The molecule has 0 aliphatic rings. The van der Waals surface area contributed by atoms with Gasteiger partial charge in [-0.15, -0.1) is 0 Å². The molecule has 0 aliphatic carbocycles. The fraction of sp³-hybridized carbons (Fsp3) is 0.923. The van der Waals surface area contributed by atoms with E-state index in [1.54, 1.807) is 5.82 Å². The van der Waals surface area contributed by atoms with Crippen LogP contribution in [-0.2, 0) is 19.5 Å². The van der Waals surface area contributed by atoms with Gasteiger partial charge in [0, 0.05) is 6.42 Å². The molecule has 1 aromatic rings. The number of hydrogen-bond acceptors (Lipinski definition) is 0. The minimum Gasteiger partial charge on any atom is -0.234 e. The molecule has 0 saturated heterocycles. The second kappa shape index (κ2) is 30.7. The lowest BCUT2D eigenvalue weighted by Gasteiger charge is -2.07. The molecular weight excluding hydrogens is 496 g/mol. The molecule has 0 saturated carbocycles. The monoisotopic (exact) mass is 574 g/mol. The highest BCUT2D eigenvalue weighted by molar-refractivity contribution is 4.84. The summed E-state index contributed by atoms with van der Waals surface area (Å²) in [5, 5.41) is 0. The van der Waals surface area contributed by atoms with Crippen LogP contribution in [0, 0.1) is 0 Å². The van der Waals surface area contributed by atoms with E-state index in [-0.39, 0.29) is 0 Å². The van der Waals surface area contributed by atoms with Crippen molar-refractivity contribution in [2.24, 2.45) is 0 Å². The van der Waals surface area contributed by atoms with Crippen LogP contribution in [0.5, 0.6) is 0 Å². The van der Waals surface area contributed by atoms with Crippen molar-refractivity contribution >= 4 is 0 Å². The van der Waals surface area contributed by atoms with Crippen LogP contribution in [0.15, 0.2) is 12.4 Å². The van der Waals surface area contributed by atoms with E-state index < -0.39 is 0 Å². The van der Waals surface area contributed by atoms with Crippen LogP contribution in [0.1, 0.15) is 219 Å². The first kappa shape index (κ1) is 38.2. The summed E-state index contributed by atoms with van der Waals surface area (Å²) < 4.78 is 5.26. The molecule has 0 radical (unpaired) electrons. The van der Waals surface area contributed by atoms with Gasteiger partial charge in [-0.3, -0.25) is 0 Å². The van der Waals surface area contributed by atoms with Gasteiger partial charge in [-0.1, -0.05) is 181 Å². The number of aryl methyl sites for hydroxylation is 2. The summed E-state index contributed by atoms with van der Waals surface area (Å²) in [6, 6.07) is 0. The van der Waals surface area contributed by atoms with E-state index in [1.807, 2.05) is 0 Å². The highest BCUT2D eigenvalue weighted by Crippen LogP contribution is 2.15. The fourth-order valence-electron chi connectivity index (χ4n) is 6.50. The zero-order chi connectivity index (χ0) is 29.5. The topological polar surface area (TPSA) is 8.81 Å². The van der Waals surface area contributed by atoms with E-state index in [9.17, 15) is 0 Å². The highest BCUT2D eigenvalue weighted by atomic mass is 15.1. The maximum Gasteiger partial charge on any atom is 0.256 e. The molecule has 0 spiro atoms. The minimum absolute atomic E-state index is 1.23. The molecule has 2 nitrogen and oxygen atoms in total. The number of nitrogens with zero attached hydrogens (tertiary/aromatic N) is 2. The maximum atomic E-state index is 2.63. The van der Waals surface area contributed by atoms with E-state index in [0.29, 0.717) is 0 Å². The molecule has 1 heterocycles. The van der Waals surface area contributed by atoms with Gasteiger partial charge < -0.3 is 0 Å². The number of unbranched alkanes of at least 4 members (excludes halogenated alkanes) is 27. The van der Waals surface area contributed by atoms with E-state index in [0.717, 1.165) is 0 Å². The Labute approximate surface area is 259 Å². The van der Waals surface area contributed by atoms with E-state index >= 15 is 0 Å². The third-order valence-electron chi connectivity index (χ3n) is 9.35. The summed E-state index contributed by atoms with van der Waals surface area (Å²) in [6.45, 7) is 9.40. The minimum atomic E-state index is 1.23. The lowest BCUT2D eigenvalue weighted by Crippen LogP contribution is -2.37. The Balaban J connectivity index is 2.29. The Kier molecular flexibility index (Phi) is 28.6. The van der Waals surface area contributed by atoms with Crippen LogP contribution in [-0.4, -0.2) is 4.57 Å². The molecular formula is C39H77N2+. The van der Waals surface area contributed by atoms with Crippen LogP contribution < -0.4 is 4.57 Å². The maximum absolute atomic E-state index is 2.63. The lowest BCUT2D eigenvalue weighted by atomic mass is 10.0. The Morgan fingerprint density at radius 1 is 0.415 bits per heavy atom. The zero-order valence-corrected chi connectivity index (χ0v) is 28.9. The normalized spacial score (nSPS) is 11.6. The Morgan fingerprint density at radius 3 is 1.17 bits per heavy atom. The number of imidazole rings is 1. The molecule has 0 bridgehead atoms. The van der Waals surface area contributed by atoms with Crippen LogP contribution in [0.3, 0.4) is 0 Å². The molecule has 0 fully saturated rings. The third kappa shape index (κ3) is 23.4. The summed E-state index contributed by atoms with van der Waals surface area (Å²) >= 11 is 0. The van der Waals surface area contributed by atoms with Gasteiger partial charge in [0.25, 0.3) is 5.82 Å². The van der Waals surface area contributed by atoms with Crippen molar-refractivity contribution in [3.05, 3.63) is 18.2 Å². The van der Waals surface area contributed by atoms with Crippen molar-refractivity contribution in [1.82, 2.24) is 4.57 Å². The van der Waals surface area contributed by atoms with Crippen molar-refractivity contribution in [3.63, 3.8) is 0 Å². The van der Waals surface area contributed by atoms with E-state index in [1.165, 1.54) is 212 Å². The average molecular weight is 574 g/mol. The summed E-state index contributed by atoms with van der Waals surface area (Å²) in [5.74, 6) is 1.62. The lowest BCUT2D eigenvalue weighted by molar-refractivity contribution is -0.704. The molecule has 0 unspecified atom stereocenters. The summed E-state index contributed by atoms with van der Waals surface area (Å²) in [7, 11) is 0. The SMILES string of the molecule is CCCCCCCCCCCCCCCc1n(CCCCCCCCC)cc[n+]1CCCCCCCCCCCC. The standard InChI is InChI=1S/C39H77N2/c1-4-7-10-13-16-18-20-21-22-23-25-28-31-34-39-40(35-32-29-26-15-12-9-6-3)37-38-41(39)36-33-30-27-24-19-17-14-11-8-5-2/h37-38H,4-36H2,1-3H3/q+1. The van der Waals surface area contributed by atoms with Crippen molar-refractivity contribution in [3.8, 4) is 0 Å². The van der Waals surface area contributed by atoms with Crippen LogP contribution in [0.2, 0.25) is 0 Å². The second-order valence-corrected chi connectivity index (χ2v) is 13.4. The third-order valence-corrected chi connectivity index (χ3v) is 9.35. The van der Waals surface area contributed by atoms with Gasteiger partial charge in [0.1, 0.15) is 12.4 Å². The predicted octanol–water partition coefficient (Wildman–Crippen LogP) is 13.1. The Morgan fingerprint density at radius 2 is 0.756 bits per heavy atom. The van der Waals surface area contributed by atoms with Gasteiger partial charge in [-0.05, 0) is 32.1 Å². The van der Waals surface area contributed by atoms with Crippen LogP contribution >= 0.6 is 0 Å². The van der Waals surface area contributed by atoms with Crippen LogP contribution in [0.4, 0.5) is 0 Å². The van der Waals surface area contributed by atoms with Crippen molar-refractivity contribution < 1.29 is 4.57 Å². The van der Waals surface area contributed by atoms with Gasteiger partial charge in [0.05, 0.1) is 13.1 Å². The van der Waals surface area contributed by atoms with Crippen LogP contribution in [0.25, 0.3) is 0 Å². The predicted molar refractivity (Wildman–Crippen MR) is 184 cm³/mol. The fourth-order valence-corrected chi connectivity index (χ4v) is 6.50. The molecule has 1 aromatic heterocycles. The number of rotatable bonds is 33. The highest BCUT2D eigenvalue weighted by Gasteiger charge is 2.16. The average Bonchev–Trinajstić information content (AvgIpc) is 3.37. The van der Waals surface area contributed by atoms with Gasteiger partial charge in [-0.25, -0.2) is 9.13 Å². The number of hydrogen-bond donors (Lipinski definition) is 0. The molecule has 0 aliphatic heterocycles. The molecule has 0 N–H and O–H groups in total. The zero-order valence-electron chi connectivity index (χ0n) is 28.9.